The first-order valence-electron chi connectivity index (χ1n) is 6.56. The van der Waals surface area contributed by atoms with Crippen LogP contribution in [-0.4, -0.2) is 24.9 Å². The van der Waals surface area contributed by atoms with E-state index in [-0.39, 0.29) is 10.9 Å². The molecule has 0 amide bonds. The minimum absolute atomic E-state index is 0.188. The van der Waals surface area contributed by atoms with Gasteiger partial charge in [0.25, 0.3) is 0 Å². The van der Waals surface area contributed by atoms with Crippen molar-refractivity contribution in [3.8, 4) is 0 Å². The van der Waals surface area contributed by atoms with E-state index in [1.807, 2.05) is 19.2 Å². The molecular formula is C13H18N4O2S2. The van der Waals surface area contributed by atoms with Crippen molar-refractivity contribution in [2.24, 2.45) is 0 Å². The van der Waals surface area contributed by atoms with E-state index in [1.165, 1.54) is 29.7 Å². The summed E-state index contributed by atoms with van der Waals surface area (Å²) in [6, 6.07) is 2.62. The number of aromatic nitrogens is 2. The molecule has 2 aromatic rings. The molecule has 2 N–H and O–H groups in total. The number of sulfonamides is 1. The van der Waals surface area contributed by atoms with E-state index < -0.39 is 10.0 Å². The van der Waals surface area contributed by atoms with E-state index in [0.29, 0.717) is 12.4 Å². The van der Waals surface area contributed by atoms with Crippen LogP contribution in [-0.2, 0) is 10.0 Å². The molecule has 2 rings (SSSR count). The van der Waals surface area contributed by atoms with Gasteiger partial charge in [0.1, 0.15) is 10.8 Å². The fourth-order valence-electron chi connectivity index (χ4n) is 1.78. The Hall–Kier alpha value is -1.51. The fourth-order valence-corrected chi connectivity index (χ4v) is 3.88. The first kappa shape index (κ1) is 15.9. The maximum atomic E-state index is 12.4. The van der Waals surface area contributed by atoms with E-state index in [1.54, 1.807) is 6.92 Å². The van der Waals surface area contributed by atoms with E-state index in [2.05, 4.69) is 20.0 Å². The van der Waals surface area contributed by atoms with Crippen LogP contribution in [0.4, 0.5) is 5.82 Å². The molecule has 0 radical (unpaired) electrons. The Bertz CT molecular complexity index is 712. The van der Waals surface area contributed by atoms with Gasteiger partial charge in [0.05, 0.1) is 10.9 Å². The molecule has 0 aliphatic rings. The lowest BCUT2D eigenvalue weighted by Crippen LogP contribution is -2.27. The number of rotatable bonds is 6. The summed E-state index contributed by atoms with van der Waals surface area (Å²) in [7, 11) is -3.60. The highest BCUT2D eigenvalue weighted by Gasteiger charge is 2.20. The van der Waals surface area contributed by atoms with Crippen LogP contribution in [0.2, 0.25) is 0 Å². The summed E-state index contributed by atoms with van der Waals surface area (Å²) in [5, 5.41) is 5.64. The van der Waals surface area contributed by atoms with Crippen LogP contribution in [0.25, 0.3) is 0 Å². The Kier molecular flexibility index (Phi) is 4.92. The van der Waals surface area contributed by atoms with Crippen LogP contribution >= 0.6 is 11.3 Å². The Morgan fingerprint density at radius 2 is 2.19 bits per heavy atom. The Balaban J connectivity index is 2.19. The highest BCUT2D eigenvalue weighted by molar-refractivity contribution is 7.89. The molecule has 0 aliphatic carbocycles. The molecule has 1 unspecified atom stereocenters. The Morgan fingerprint density at radius 3 is 2.81 bits per heavy atom. The van der Waals surface area contributed by atoms with Crippen LogP contribution in [0, 0.1) is 6.92 Å². The summed E-state index contributed by atoms with van der Waals surface area (Å²) in [6.45, 7) is 6.27. The van der Waals surface area contributed by atoms with Crippen molar-refractivity contribution in [1.82, 2.24) is 14.7 Å². The summed E-state index contributed by atoms with van der Waals surface area (Å²) in [6.07, 6.45) is 1.48. The zero-order chi connectivity index (χ0) is 15.5. The third-order valence-corrected chi connectivity index (χ3v) is 5.42. The van der Waals surface area contributed by atoms with Gasteiger partial charge in [0, 0.05) is 29.9 Å². The smallest absolute Gasteiger partial charge is 0.241 e. The molecule has 21 heavy (non-hydrogen) atoms. The second kappa shape index (κ2) is 6.50. The largest absolute Gasteiger partial charge is 0.370 e. The third-order valence-electron chi connectivity index (χ3n) is 2.74. The number of pyridine rings is 1. The van der Waals surface area contributed by atoms with Gasteiger partial charge in [-0.05, 0) is 26.8 Å². The van der Waals surface area contributed by atoms with Crippen molar-refractivity contribution in [2.75, 3.05) is 11.9 Å². The lowest BCUT2D eigenvalue weighted by atomic mass is 10.4. The molecule has 0 saturated carbocycles. The number of hydrogen-bond acceptors (Lipinski definition) is 6. The van der Waals surface area contributed by atoms with Crippen molar-refractivity contribution >= 4 is 27.2 Å². The summed E-state index contributed by atoms with van der Waals surface area (Å²) in [5.74, 6) is 0.540. The monoisotopic (exact) mass is 326 g/mol. The lowest BCUT2D eigenvalue weighted by Gasteiger charge is -2.12. The number of aryl methyl sites for hydroxylation is 1. The van der Waals surface area contributed by atoms with Crippen molar-refractivity contribution < 1.29 is 8.42 Å². The molecule has 2 heterocycles. The summed E-state index contributed by atoms with van der Waals surface area (Å²) in [4.78, 5) is 8.56. The van der Waals surface area contributed by atoms with Gasteiger partial charge in [-0.2, -0.15) is 0 Å². The van der Waals surface area contributed by atoms with Crippen molar-refractivity contribution in [3.63, 3.8) is 0 Å². The first-order chi connectivity index (χ1) is 9.92. The van der Waals surface area contributed by atoms with Crippen LogP contribution in [0.1, 0.15) is 30.6 Å². The van der Waals surface area contributed by atoms with Crippen LogP contribution in [0.3, 0.4) is 0 Å². The summed E-state index contributed by atoms with van der Waals surface area (Å²) < 4.78 is 27.4. The van der Waals surface area contributed by atoms with Crippen molar-refractivity contribution in [2.45, 2.75) is 31.7 Å². The SMILES string of the molecule is CCNc1cc(S(=O)(=O)NC(C)c2nc(C)cs2)ccn1. The molecule has 0 bridgehead atoms. The van der Waals surface area contributed by atoms with E-state index in [4.69, 9.17) is 0 Å². The Morgan fingerprint density at radius 1 is 1.43 bits per heavy atom. The van der Waals surface area contributed by atoms with Gasteiger partial charge in [0.15, 0.2) is 0 Å². The van der Waals surface area contributed by atoms with Gasteiger partial charge in [0.2, 0.25) is 10.0 Å². The predicted octanol–water partition coefficient (Wildman–Crippen LogP) is 2.32. The minimum atomic E-state index is -3.60. The average molecular weight is 326 g/mol. The fraction of sp³-hybridized carbons (Fsp3) is 0.385. The maximum Gasteiger partial charge on any atom is 0.241 e. The zero-order valence-electron chi connectivity index (χ0n) is 12.1. The molecular weight excluding hydrogens is 308 g/mol. The molecule has 114 valence electrons. The molecule has 0 spiro atoms. The van der Waals surface area contributed by atoms with Crippen molar-refractivity contribution in [1.29, 1.82) is 0 Å². The standard InChI is InChI=1S/C13H18N4O2S2/c1-4-14-12-7-11(5-6-15-12)21(18,19)17-10(3)13-16-9(2)8-20-13/h5-8,10,17H,4H2,1-3H3,(H,14,15). The van der Waals surface area contributed by atoms with Crippen LogP contribution in [0.5, 0.6) is 0 Å². The minimum Gasteiger partial charge on any atom is -0.370 e. The number of thiazole rings is 1. The maximum absolute atomic E-state index is 12.4. The van der Waals surface area contributed by atoms with Gasteiger partial charge in [-0.15, -0.1) is 11.3 Å². The quantitative estimate of drug-likeness (QED) is 0.851. The van der Waals surface area contributed by atoms with Gasteiger partial charge in [-0.1, -0.05) is 0 Å². The third kappa shape index (κ3) is 3.99. The molecule has 6 nitrogen and oxygen atoms in total. The first-order valence-corrected chi connectivity index (χ1v) is 8.93. The zero-order valence-corrected chi connectivity index (χ0v) is 13.8. The van der Waals surface area contributed by atoms with E-state index in [9.17, 15) is 8.42 Å². The highest BCUT2D eigenvalue weighted by Crippen LogP contribution is 2.21. The number of anilines is 1. The van der Waals surface area contributed by atoms with Gasteiger partial charge < -0.3 is 5.32 Å². The van der Waals surface area contributed by atoms with Gasteiger partial charge >= 0.3 is 0 Å². The van der Waals surface area contributed by atoms with Crippen molar-refractivity contribution in [3.05, 3.63) is 34.4 Å². The molecule has 8 heteroatoms. The number of hydrogen-bond donors (Lipinski definition) is 2. The molecule has 0 saturated heterocycles. The molecule has 0 aromatic carbocycles. The topological polar surface area (TPSA) is 84.0 Å². The molecule has 0 fully saturated rings. The summed E-state index contributed by atoms with van der Waals surface area (Å²) >= 11 is 1.44. The van der Waals surface area contributed by atoms with E-state index >= 15 is 0 Å². The van der Waals surface area contributed by atoms with Crippen LogP contribution in [0.15, 0.2) is 28.6 Å². The van der Waals surface area contributed by atoms with Gasteiger partial charge in [-0.3, -0.25) is 0 Å². The number of nitrogens with one attached hydrogen (secondary N) is 2. The molecule has 2 aromatic heterocycles. The number of nitrogens with zero attached hydrogens (tertiary/aromatic N) is 2. The second-order valence-corrected chi connectivity index (χ2v) is 7.18. The lowest BCUT2D eigenvalue weighted by molar-refractivity contribution is 0.566. The van der Waals surface area contributed by atoms with Crippen LogP contribution < -0.4 is 10.0 Å². The highest BCUT2D eigenvalue weighted by atomic mass is 32.2. The normalized spacial score (nSPS) is 13.1. The average Bonchev–Trinajstić information content (AvgIpc) is 2.86. The molecule has 0 aliphatic heterocycles. The summed E-state index contributed by atoms with van der Waals surface area (Å²) in [5.41, 5.74) is 0.888. The predicted molar refractivity (Wildman–Crippen MR) is 84.0 cm³/mol. The van der Waals surface area contributed by atoms with Gasteiger partial charge in [-0.25, -0.2) is 23.1 Å². The molecule has 1 atom stereocenters. The Labute approximate surface area is 128 Å². The van der Waals surface area contributed by atoms with E-state index in [0.717, 1.165) is 10.7 Å². The second-order valence-electron chi connectivity index (χ2n) is 4.58.